The first-order valence-corrected chi connectivity index (χ1v) is 15.1. The van der Waals surface area contributed by atoms with Gasteiger partial charge in [-0.2, -0.15) is 0 Å². The number of hydrogen-bond acceptors (Lipinski definition) is 4. The van der Waals surface area contributed by atoms with Crippen LogP contribution in [-0.4, -0.2) is 62.0 Å². The Morgan fingerprint density at radius 3 is 2.48 bits per heavy atom. The molecule has 2 aliphatic heterocycles. The van der Waals surface area contributed by atoms with Crippen LogP contribution >= 0.6 is 15.9 Å². The lowest BCUT2D eigenvalue weighted by atomic mass is 10.0. The van der Waals surface area contributed by atoms with Gasteiger partial charge < -0.3 is 15.0 Å². The molecule has 0 bridgehead atoms. The third-order valence-corrected chi connectivity index (χ3v) is 11.0. The van der Waals surface area contributed by atoms with Gasteiger partial charge in [-0.25, -0.2) is 4.79 Å². The molecule has 0 spiro atoms. The largest absolute Gasteiger partial charge is 0.614 e. The van der Waals surface area contributed by atoms with Crippen molar-refractivity contribution in [2.24, 2.45) is 0 Å². The van der Waals surface area contributed by atoms with Crippen molar-refractivity contribution in [2.75, 3.05) is 11.1 Å². The van der Waals surface area contributed by atoms with Crippen LogP contribution in [0.4, 0.5) is 0 Å². The number of nitrogens with one attached hydrogen (secondary N) is 1. The number of amides is 2. The third-order valence-electron chi connectivity index (χ3n) is 5.39. The van der Waals surface area contributed by atoms with Crippen molar-refractivity contribution in [1.29, 1.82) is 0 Å². The molecule has 1 fully saturated rings. The van der Waals surface area contributed by atoms with Gasteiger partial charge in [0, 0.05) is 10.9 Å². The highest BCUT2D eigenvalue weighted by molar-refractivity contribution is 9.09. The highest BCUT2D eigenvalue weighted by Crippen LogP contribution is 2.47. The van der Waals surface area contributed by atoms with Crippen LogP contribution in [0, 0.1) is 0 Å². The second kappa shape index (κ2) is 7.90. The number of fused-ring (bicyclic) bond motifs is 1. The molecule has 3 atom stereocenters. The molecule has 10 heteroatoms. The minimum Gasteiger partial charge on any atom is -0.614 e. The number of hydrogen-bond donors (Lipinski definition) is 2. The summed E-state index contributed by atoms with van der Waals surface area (Å²) in [5.74, 6) is -1.99. The van der Waals surface area contributed by atoms with E-state index in [0.717, 1.165) is 10.5 Å². The molecule has 3 rings (SSSR count). The number of alkyl halides is 1. The van der Waals surface area contributed by atoms with Crippen LogP contribution in [-0.2, 0) is 32.0 Å². The van der Waals surface area contributed by atoms with E-state index >= 15 is 0 Å². The second-order valence-corrected chi connectivity index (χ2v) is 15.6. The van der Waals surface area contributed by atoms with Crippen molar-refractivity contribution in [3.63, 3.8) is 0 Å². The van der Waals surface area contributed by atoms with Gasteiger partial charge in [-0.05, 0) is 16.7 Å². The predicted octanol–water partition coefficient (Wildman–Crippen LogP) is 1.63. The van der Waals surface area contributed by atoms with Gasteiger partial charge in [-0.1, -0.05) is 65.9 Å². The minimum atomic E-state index is -2.46. The van der Waals surface area contributed by atoms with E-state index < -0.39 is 41.7 Å². The highest BCUT2D eigenvalue weighted by atomic mass is 79.9. The van der Waals surface area contributed by atoms with E-state index in [2.05, 4.69) is 21.2 Å². The summed E-state index contributed by atoms with van der Waals surface area (Å²) in [5, 5.41) is 10.6. The molecule has 1 saturated heterocycles. The van der Waals surface area contributed by atoms with Crippen LogP contribution in [0.2, 0.25) is 19.6 Å². The van der Waals surface area contributed by atoms with Crippen LogP contribution in [0.3, 0.4) is 0 Å². The summed E-state index contributed by atoms with van der Waals surface area (Å²) in [4.78, 5) is 39.2. The zero-order chi connectivity index (χ0) is 21.6. The first-order valence-electron chi connectivity index (χ1n) is 9.11. The second-order valence-electron chi connectivity index (χ2n) is 8.21. The number of carbonyl (C=O) groups is 3. The molecule has 156 valence electrons. The quantitative estimate of drug-likeness (QED) is 0.268. The summed E-state index contributed by atoms with van der Waals surface area (Å²) in [5.41, 5.74) is 1.10. The van der Waals surface area contributed by atoms with E-state index in [0.29, 0.717) is 5.57 Å². The molecule has 1 aromatic rings. The third kappa shape index (κ3) is 3.56. The SMILES string of the molecule is C[Si](C)(C)C1(NC(=O)Cc2ccccc2)C(=O)N2C(C(=O)O)=C(CBr)C[S+]([O-])[C@H]21. The van der Waals surface area contributed by atoms with Gasteiger partial charge in [0.05, 0.1) is 14.5 Å². The topological polar surface area (TPSA) is 110 Å². The van der Waals surface area contributed by atoms with Gasteiger partial charge in [-0.3, -0.25) is 14.5 Å². The molecule has 1 aromatic carbocycles. The van der Waals surface area contributed by atoms with Crippen LogP contribution in [0.1, 0.15) is 5.56 Å². The number of aliphatic carboxylic acids is 1. The molecule has 2 heterocycles. The number of carboxylic acids is 1. The van der Waals surface area contributed by atoms with Crippen molar-refractivity contribution in [2.45, 2.75) is 36.6 Å². The van der Waals surface area contributed by atoms with Crippen molar-refractivity contribution >= 4 is 53.0 Å². The average molecular weight is 499 g/mol. The summed E-state index contributed by atoms with van der Waals surface area (Å²) in [7, 11) is -2.46. The molecule has 29 heavy (non-hydrogen) atoms. The van der Waals surface area contributed by atoms with Gasteiger partial charge in [0.25, 0.3) is 5.91 Å². The van der Waals surface area contributed by atoms with Gasteiger partial charge in [0.15, 0.2) is 5.16 Å². The Kier molecular flexibility index (Phi) is 6.01. The zero-order valence-electron chi connectivity index (χ0n) is 16.4. The highest BCUT2D eigenvalue weighted by Gasteiger charge is 2.75. The van der Waals surface area contributed by atoms with Crippen molar-refractivity contribution in [3.05, 3.63) is 47.2 Å². The molecular weight excluding hydrogens is 476 g/mol. The monoisotopic (exact) mass is 498 g/mol. The van der Waals surface area contributed by atoms with E-state index in [1.807, 2.05) is 50.0 Å². The number of β-lactam (4-membered cyclic amide) rings is 1. The Bertz CT molecular complexity index is 888. The van der Waals surface area contributed by atoms with Gasteiger partial charge in [0.1, 0.15) is 11.4 Å². The number of carbonyl (C=O) groups excluding carboxylic acids is 2. The van der Waals surface area contributed by atoms with Crippen LogP contribution in [0.25, 0.3) is 0 Å². The Labute approximate surface area is 181 Å². The fourth-order valence-corrected chi connectivity index (χ4v) is 10.0. The van der Waals surface area contributed by atoms with Gasteiger partial charge in [-0.15, -0.1) is 0 Å². The van der Waals surface area contributed by atoms with Gasteiger partial charge in [0.2, 0.25) is 11.3 Å². The number of carboxylic acid groups (broad SMARTS) is 1. The number of rotatable bonds is 6. The fraction of sp³-hybridized carbons (Fsp3) is 0.421. The maximum atomic E-state index is 13.4. The number of nitrogens with zero attached hydrogens (tertiary/aromatic N) is 1. The maximum Gasteiger partial charge on any atom is 0.352 e. The Morgan fingerprint density at radius 1 is 1.34 bits per heavy atom. The standard InChI is InChI=1S/C19H23BrN2O5SSi/c1-29(2,3)19(21-14(23)9-12-7-5-4-6-8-12)17(26)22-15(16(24)25)13(10-20)11-28(27)18(19)22/h4-8,18H,9-11H2,1-3H3,(H,21,23)(H,24,25)/t18-,19?,28?/m0/s1. The molecule has 2 N–H and O–H groups in total. The first kappa shape index (κ1) is 22.1. The fourth-order valence-electron chi connectivity index (χ4n) is 3.95. The maximum absolute atomic E-state index is 13.4. The smallest absolute Gasteiger partial charge is 0.352 e. The Balaban J connectivity index is 1.98. The van der Waals surface area contributed by atoms with E-state index in [9.17, 15) is 24.0 Å². The lowest BCUT2D eigenvalue weighted by Gasteiger charge is -2.60. The zero-order valence-corrected chi connectivity index (χ0v) is 19.8. The minimum absolute atomic E-state index is 0.0577. The lowest BCUT2D eigenvalue weighted by molar-refractivity contribution is -0.154. The molecule has 0 saturated carbocycles. The van der Waals surface area contributed by atoms with E-state index in [1.54, 1.807) is 0 Å². The molecule has 7 nitrogen and oxygen atoms in total. The van der Waals surface area contributed by atoms with Crippen LogP contribution in [0.5, 0.6) is 0 Å². The van der Waals surface area contributed by atoms with Crippen molar-refractivity contribution in [1.82, 2.24) is 10.2 Å². The average Bonchev–Trinajstić information content (AvgIpc) is 2.64. The van der Waals surface area contributed by atoms with Crippen LogP contribution in [0.15, 0.2) is 41.6 Å². The van der Waals surface area contributed by atoms with Crippen LogP contribution < -0.4 is 5.32 Å². The normalized spacial score (nSPS) is 26.7. The molecule has 2 aliphatic rings. The predicted molar refractivity (Wildman–Crippen MR) is 116 cm³/mol. The first-order chi connectivity index (χ1) is 13.5. The van der Waals surface area contributed by atoms with Crippen molar-refractivity contribution in [3.8, 4) is 0 Å². The lowest BCUT2D eigenvalue weighted by Crippen LogP contribution is -2.90. The summed E-state index contributed by atoms with van der Waals surface area (Å²) >= 11 is 1.71. The van der Waals surface area contributed by atoms with E-state index in [1.165, 1.54) is 0 Å². The number of halogens is 1. The summed E-state index contributed by atoms with van der Waals surface area (Å²) in [6.07, 6.45) is 0.0913. The molecular formula is C19H23BrN2O5SSi. The van der Waals surface area contributed by atoms with Crippen molar-refractivity contribution < 1.29 is 24.0 Å². The summed E-state index contributed by atoms with van der Waals surface area (Å²) < 4.78 is 13.1. The molecule has 2 amide bonds. The van der Waals surface area contributed by atoms with E-state index in [-0.39, 0.29) is 29.1 Å². The summed E-state index contributed by atoms with van der Waals surface area (Å²) in [6.45, 7) is 5.77. The molecule has 2 unspecified atom stereocenters. The Hall–Kier alpha value is -1.62. The van der Waals surface area contributed by atoms with E-state index in [4.69, 9.17) is 0 Å². The molecule has 0 aromatic heterocycles. The summed E-state index contributed by atoms with van der Waals surface area (Å²) in [6, 6.07) is 9.15. The Morgan fingerprint density at radius 2 is 1.97 bits per heavy atom. The number of benzene rings is 1. The molecule has 0 radical (unpaired) electrons. The van der Waals surface area contributed by atoms with Gasteiger partial charge >= 0.3 is 5.97 Å². The molecule has 0 aliphatic carbocycles.